The van der Waals surface area contributed by atoms with Crippen LogP contribution < -0.4 is 5.73 Å². The summed E-state index contributed by atoms with van der Waals surface area (Å²) in [6.07, 6.45) is 2.65. The molecule has 1 amide bonds. The molecule has 0 aromatic rings. The third-order valence-corrected chi connectivity index (χ3v) is 3.15. The number of primary amides is 1. The van der Waals surface area contributed by atoms with Crippen LogP contribution in [0.4, 0.5) is 0 Å². The van der Waals surface area contributed by atoms with Gasteiger partial charge in [0.25, 0.3) is 0 Å². The van der Waals surface area contributed by atoms with Crippen molar-refractivity contribution in [2.45, 2.75) is 33.6 Å². The third-order valence-electron chi connectivity index (χ3n) is 3.15. The minimum Gasteiger partial charge on any atom is -0.370 e. The van der Waals surface area contributed by atoms with Crippen LogP contribution in [-0.4, -0.2) is 11.7 Å². The van der Waals surface area contributed by atoms with Crippen LogP contribution in [0.3, 0.4) is 0 Å². The Kier molecular flexibility index (Phi) is 2.79. The molecule has 3 heteroatoms. The molecule has 0 bridgehead atoms. The molecule has 1 aliphatic carbocycles. The van der Waals surface area contributed by atoms with Gasteiger partial charge in [-0.1, -0.05) is 25.5 Å². The van der Waals surface area contributed by atoms with Crippen molar-refractivity contribution in [3.05, 3.63) is 11.6 Å². The molecule has 3 nitrogen and oxygen atoms in total. The number of amides is 1. The molecule has 0 spiro atoms. The van der Waals surface area contributed by atoms with Crippen molar-refractivity contribution in [2.75, 3.05) is 0 Å². The van der Waals surface area contributed by atoms with E-state index in [1.165, 1.54) is 0 Å². The summed E-state index contributed by atoms with van der Waals surface area (Å²) < 4.78 is 0. The van der Waals surface area contributed by atoms with E-state index in [2.05, 4.69) is 0 Å². The summed E-state index contributed by atoms with van der Waals surface area (Å²) in [5.41, 5.74) is 5.83. The second-order valence-electron chi connectivity index (χ2n) is 4.52. The van der Waals surface area contributed by atoms with Crippen molar-refractivity contribution < 1.29 is 9.59 Å². The van der Waals surface area contributed by atoms with Crippen molar-refractivity contribution in [1.29, 1.82) is 0 Å². The first-order chi connectivity index (χ1) is 6.35. The molecule has 1 rings (SSSR count). The van der Waals surface area contributed by atoms with Crippen molar-refractivity contribution >= 4 is 11.7 Å². The van der Waals surface area contributed by atoms with Crippen LogP contribution in [-0.2, 0) is 9.59 Å². The van der Waals surface area contributed by atoms with Crippen molar-refractivity contribution in [3.8, 4) is 0 Å². The fraction of sp³-hybridized carbons (Fsp3) is 0.636. The number of carbonyl (C=O) groups is 2. The molecule has 0 saturated carbocycles. The predicted octanol–water partition coefficient (Wildman–Crippen LogP) is 1.42. The summed E-state index contributed by atoms with van der Waals surface area (Å²) in [6, 6.07) is 0. The number of rotatable bonds is 2. The minimum atomic E-state index is -0.451. The number of nitrogens with two attached hydrogens (primary N) is 1. The van der Waals surface area contributed by atoms with Crippen LogP contribution in [0.5, 0.6) is 0 Å². The van der Waals surface area contributed by atoms with Crippen LogP contribution in [0.15, 0.2) is 11.6 Å². The first-order valence-electron chi connectivity index (χ1n) is 4.84. The van der Waals surface area contributed by atoms with Gasteiger partial charge in [-0.05, 0) is 6.92 Å². The lowest BCUT2D eigenvalue weighted by Gasteiger charge is -2.36. The Morgan fingerprint density at radius 1 is 1.64 bits per heavy atom. The molecule has 78 valence electrons. The number of allylic oxidation sites excluding steroid dienone is 2. The van der Waals surface area contributed by atoms with Gasteiger partial charge < -0.3 is 5.73 Å². The normalized spacial score (nSPS) is 25.8. The van der Waals surface area contributed by atoms with Crippen LogP contribution in [0.1, 0.15) is 33.6 Å². The molecule has 0 unspecified atom stereocenters. The van der Waals surface area contributed by atoms with Gasteiger partial charge in [0.15, 0.2) is 0 Å². The summed E-state index contributed by atoms with van der Waals surface area (Å²) >= 11 is 0. The lowest BCUT2D eigenvalue weighted by molar-refractivity contribution is -0.130. The van der Waals surface area contributed by atoms with E-state index in [4.69, 9.17) is 5.73 Å². The van der Waals surface area contributed by atoms with Gasteiger partial charge >= 0.3 is 0 Å². The second kappa shape index (κ2) is 3.56. The Morgan fingerprint density at radius 3 is 2.71 bits per heavy atom. The lowest BCUT2D eigenvalue weighted by Crippen LogP contribution is -2.38. The topological polar surface area (TPSA) is 60.2 Å². The molecule has 0 aromatic heterocycles. The largest absolute Gasteiger partial charge is 0.370 e. The van der Waals surface area contributed by atoms with E-state index in [1.807, 2.05) is 26.8 Å². The molecule has 1 aliphatic rings. The number of Topliss-reactive ketones (excluding diaryl/α,β-unsaturated/α-hetero) is 1. The van der Waals surface area contributed by atoms with Gasteiger partial charge in [-0.25, -0.2) is 0 Å². The van der Waals surface area contributed by atoms with Gasteiger partial charge in [0.05, 0.1) is 0 Å². The summed E-state index contributed by atoms with van der Waals surface area (Å²) in [4.78, 5) is 22.5. The van der Waals surface area contributed by atoms with E-state index in [0.717, 1.165) is 5.57 Å². The Balaban J connectivity index is 2.97. The maximum Gasteiger partial charge on any atom is 0.218 e. The number of ketones is 1. The Hall–Kier alpha value is -1.12. The number of hydrogen-bond acceptors (Lipinski definition) is 2. The molecule has 0 fully saturated rings. The fourth-order valence-corrected chi connectivity index (χ4v) is 2.04. The molecule has 1 atom stereocenters. The average molecular weight is 195 g/mol. The van der Waals surface area contributed by atoms with Gasteiger partial charge in [-0.3, -0.25) is 9.59 Å². The highest BCUT2D eigenvalue weighted by atomic mass is 16.1. The summed E-state index contributed by atoms with van der Waals surface area (Å²) in [7, 11) is 0. The molecule has 0 aromatic carbocycles. The Morgan fingerprint density at radius 2 is 2.21 bits per heavy atom. The average Bonchev–Trinajstić information content (AvgIpc) is 2.06. The smallest absolute Gasteiger partial charge is 0.218 e. The van der Waals surface area contributed by atoms with E-state index in [1.54, 1.807) is 0 Å². The van der Waals surface area contributed by atoms with Crippen LogP contribution in [0.2, 0.25) is 0 Å². The fourth-order valence-electron chi connectivity index (χ4n) is 2.04. The molecule has 0 aliphatic heterocycles. The van der Waals surface area contributed by atoms with Crippen LogP contribution >= 0.6 is 0 Å². The van der Waals surface area contributed by atoms with E-state index >= 15 is 0 Å². The van der Waals surface area contributed by atoms with Crippen LogP contribution in [0.25, 0.3) is 0 Å². The first-order valence-corrected chi connectivity index (χ1v) is 4.84. The number of hydrogen-bond donors (Lipinski definition) is 1. The molecule has 14 heavy (non-hydrogen) atoms. The van der Waals surface area contributed by atoms with Gasteiger partial charge in [0, 0.05) is 24.2 Å². The van der Waals surface area contributed by atoms with Gasteiger partial charge in [-0.2, -0.15) is 0 Å². The highest BCUT2D eigenvalue weighted by molar-refractivity contribution is 5.88. The van der Waals surface area contributed by atoms with Gasteiger partial charge in [0.1, 0.15) is 5.78 Å². The maximum atomic E-state index is 11.7. The van der Waals surface area contributed by atoms with Crippen molar-refractivity contribution in [1.82, 2.24) is 0 Å². The van der Waals surface area contributed by atoms with Crippen LogP contribution in [0, 0.1) is 11.3 Å². The predicted molar refractivity (Wildman–Crippen MR) is 54.5 cm³/mol. The van der Waals surface area contributed by atoms with Gasteiger partial charge in [-0.15, -0.1) is 0 Å². The van der Waals surface area contributed by atoms with E-state index in [0.29, 0.717) is 6.42 Å². The quantitative estimate of drug-likeness (QED) is 0.677. The van der Waals surface area contributed by atoms with E-state index < -0.39 is 5.41 Å². The van der Waals surface area contributed by atoms with E-state index in [-0.39, 0.29) is 24.0 Å². The minimum absolute atomic E-state index is 0.0266. The highest BCUT2D eigenvalue weighted by Gasteiger charge is 2.39. The standard InChI is InChI=1S/C11H17NO2/c1-7-4-5-9(13)11(2,3)8(7)6-10(12)14/h4,8H,5-6H2,1-3H3,(H2,12,14)/t8-/m1/s1. The molecule has 0 heterocycles. The number of carbonyl (C=O) groups excluding carboxylic acids is 2. The van der Waals surface area contributed by atoms with Crippen molar-refractivity contribution in [3.63, 3.8) is 0 Å². The van der Waals surface area contributed by atoms with E-state index in [9.17, 15) is 9.59 Å². The zero-order chi connectivity index (χ0) is 10.9. The zero-order valence-corrected chi connectivity index (χ0v) is 8.96. The first kappa shape index (κ1) is 11.0. The summed E-state index contributed by atoms with van der Waals surface area (Å²) in [6.45, 7) is 5.74. The highest BCUT2D eigenvalue weighted by Crippen LogP contribution is 2.40. The van der Waals surface area contributed by atoms with Crippen molar-refractivity contribution in [2.24, 2.45) is 17.1 Å². The summed E-state index contributed by atoms with van der Waals surface area (Å²) in [5.74, 6) is -0.180. The lowest BCUT2D eigenvalue weighted by atomic mass is 9.66. The zero-order valence-electron chi connectivity index (χ0n) is 8.96. The van der Waals surface area contributed by atoms with Gasteiger partial charge in [0.2, 0.25) is 5.91 Å². The molecule has 0 radical (unpaired) electrons. The maximum absolute atomic E-state index is 11.7. The Bertz CT molecular complexity index is 302. The summed E-state index contributed by atoms with van der Waals surface area (Å²) in [5, 5.41) is 0. The third kappa shape index (κ3) is 1.86. The molecule has 2 N–H and O–H groups in total. The monoisotopic (exact) mass is 195 g/mol. The molecular formula is C11H17NO2. The molecular weight excluding hydrogens is 178 g/mol. The molecule has 0 saturated heterocycles. The Labute approximate surface area is 84.4 Å². The second-order valence-corrected chi connectivity index (χ2v) is 4.52. The SMILES string of the molecule is CC1=CCC(=O)C(C)(C)[C@@H]1CC(N)=O.